The summed E-state index contributed by atoms with van der Waals surface area (Å²) in [4.78, 5) is 30.0. The molecule has 0 bridgehead atoms. The van der Waals surface area contributed by atoms with Crippen LogP contribution in [-0.2, 0) is 4.74 Å². The molecule has 1 aliphatic heterocycles. The normalized spacial score (nSPS) is 17.8. The highest BCUT2D eigenvalue weighted by atomic mass is 16.5. The molecule has 2 N–H and O–H groups in total. The molecule has 1 fully saturated rings. The zero-order valence-corrected chi connectivity index (χ0v) is 15.4. The molecular formula is C20H22N2O6. The van der Waals surface area contributed by atoms with Gasteiger partial charge >= 0.3 is 0 Å². The van der Waals surface area contributed by atoms with E-state index in [9.17, 15) is 19.8 Å². The van der Waals surface area contributed by atoms with Crippen molar-refractivity contribution >= 4 is 12.2 Å². The third-order valence-corrected chi connectivity index (χ3v) is 4.55. The Morgan fingerprint density at radius 2 is 2.25 bits per heavy atom. The molecule has 1 aromatic carbocycles. The molecule has 8 nitrogen and oxygen atoms in total. The number of benzene rings is 1. The van der Waals surface area contributed by atoms with Crippen molar-refractivity contribution in [1.82, 2.24) is 9.88 Å². The van der Waals surface area contributed by atoms with Gasteiger partial charge in [-0.15, -0.1) is 0 Å². The van der Waals surface area contributed by atoms with E-state index in [2.05, 4.69) is 4.98 Å². The molecule has 0 radical (unpaired) electrons. The first-order valence-corrected chi connectivity index (χ1v) is 8.94. The van der Waals surface area contributed by atoms with Gasteiger partial charge < -0.3 is 24.6 Å². The molecule has 0 spiro atoms. The Bertz CT molecular complexity index is 854. The van der Waals surface area contributed by atoms with E-state index in [1.165, 1.54) is 12.3 Å². The average molecular weight is 386 g/mol. The molecule has 1 amide bonds. The standard InChI is InChI=1S/C20H22N2O6/c1-13(24)19-15(4-3-7-21-19)20(26)22-8-9-27-11-14(22)12-28-18-6-2-5-17(25)16(18)10-23/h2-7,10,13-14,24-25H,8-9,11-12H2,1H3/t13?,14-/m0/s1. The summed E-state index contributed by atoms with van der Waals surface area (Å²) in [6.45, 7) is 2.66. The van der Waals surface area contributed by atoms with E-state index in [0.717, 1.165) is 0 Å². The molecule has 1 saturated heterocycles. The molecule has 1 unspecified atom stereocenters. The van der Waals surface area contributed by atoms with Crippen molar-refractivity contribution in [1.29, 1.82) is 0 Å². The van der Waals surface area contributed by atoms with Gasteiger partial charge in [0.25, 0.3) is 5.91 Å². The number of phenolic OH excluding ortho intramolecular Hbond substituents is 1. The van der Waals surface area contributed by atoms with Gasteiger partial charge in [0.15, 0.2) is 6.29 Å². The average Bonchev–Trinajstić information content (AvgIpc) is 2.72. The number of aliphatic hydroxyl groups is 1. The number of rotatable bonds is 6. The van der Waals surface area contributed by atoms with Gasteiger partial charge in [0.2, 0.25) is 0 Å². The number of hydrogen-bond donors (Lipinski definition) is 2. The second-order valence-corrected chi connectivity index (χ2v) is 6.46. The maximum Gasteiger partial charge on any atom is 0.256 e. The third-order valence-electron chi connectivity index (χ3n) is 4.55. The van der Waals surface area contributed by atoms with E-state index < -0.39 is 12.1 Å². The fourth-order valence-corrected chi connectivity index (χ4v) is 3.11. The number of aromatic hydroxyl groups is 1. The van der Waals surface area contributed by atoms with E-state index in [1.807, 2.05) is 0 Å². The summed E-state index contributed by atoms with van der Waals surface area (Å²) in [5.74, 6) is -0.205. The Balaban J connectivity index is 1.79. The van der Waals surface area contributed by atoms with Gasteiger partial charge in [0, 0.05) is 12.7 Å². The minimum atomic E-state index is -0.877. The minimum Gasteiger partial charge on any atom is -0.507 e. The van der Waals surface area contributed by atoms with Gasteiger partial charge in [0.1, 0.15) is 18.1 Å². The Labute approximate surface area is 162 Å². The van der Waals surface area contributed by atoms with Crippen molar-refractivity contribution in [3.05, 3.63) is 53.3 Å². The van der Waals surface area contributed by atoms with Gasteiger partial charge in [-0.2, -0.15) is 0 Å². The smallest absolute Gasteiger partial charge is 0.256 e. The number of aromatic nitrogens is 1. The van der Waals surface area contributed by atoms with Gasteiger partial charge in [-0.1, -0.05) is 6.07 Å². The maximum atomic E-state index is 13.1. The molecule has 1 aliphatic rings. The fourth-order valence-electron chi connectivity index (χ4n) is 3.11. The zero-order chi connectivity index (χ0) is 20.1. The van der Waals surface area contributed by atoms with Crippen LogP contribution in [0.15, 0.2) is 36.5 Å². The molecule has 2 heterocycles. The number of ether oxygens (including phenoxy) is 2. The van der Waals surface area contributed by atoms with Crippen molar-refractivity contribution in [2.24, 2.45) is 0 Å². The highest BCUT2D eigenvalue weighted by Gasteiger charge is 2.31. The highest BCUT2D eigenvalue weighted by Crippen LogP contribution is 2.26. The Hall–Kier alpha value is -2.97. The fraction of sp³-hybridized carbons (Fsp3) is 0.350. The van der Waals surface area contributed by atoms with Gasteiger partial charge in [-0.3, -0.25) is 14.6 Å². The van der Waals surface area contributed by atoms with E-state index in [-0.39, 0.29) is 36.2 Å². The molecular weight excluding hydrogens is 364 g/mol. The van der Waals surface area contributed by atoms with Crippen LogP contribution in [0.1, 0.15) is 39.4 Å². The molecule has 1 aromatic heterocycles. The quantitative estimate of drug-likeness (QED) is 0.725. The predicted molar refractivity (Wildman–Crippen MR) is 99.5 cm³/mol. The molecule has 8 heteroatoms. The summed E-state index contributed by atoms with van der Waals surface area (Å²) in [7, 11) is 0. The third kappa shape index (κ3) is 4.13. The summed E-state index contributed by atoms with van der Waals surface area (Å²) in [6, 6.07) is 7.42. The number of nitrogens with zero attached hydrogens (tertiary/aromatic N) is 2. The van der Waals surface area contributed by atoms with Crippen molar-refractivity contribution in [2.75, 3.05) is 26.4 Å². The van der Waals surface area contributed by atoms with Crippen LogP contribution in [0.25, 0.3) is 0 Å². The largest absolute Gasteiger partial charge is 0.507 e. The monoisotopic (exact) mass is 386 g/mol. The van der Waals surface area contributed by atoms with Crippen LogP contribution in [0.4, 0.5) is 0 Å². The van der Waals surface area contributed by atoms with Crippen molar-refractivity contribution in [2.45, 2.75) is 19.1 Å². The predicted octanol–water partition coefficient (Wildman–Crippen LogP) is 1.57. The lowest BCUT2D eigenvalue weighted by Crippen LogP contribution is -2.51. The summed E-state index contributed by atoms with van der Waals surface area (Å²) in [5.41, 5.74) is 0.700. The second-order valence-electron chi connectivity index (χ2n) is 6.46. The van der Waals surface area contributed by atoms with E-state index in [0.29, 0.717) is 30.7 Å². The van der Waals surface area contributed by atoms with Crippen LogP contribution in [-0.4, -0.2) is 64.7 Å². The van der Waals surface area contributed by atoms with Gasteiger partial charge in [0.05, 0.1) is 42.2 Å². The topological polar surface area (TPSA) is 109 Å². The van der Waals surface area contributed by atoms with Crippen LogP contribution in [0.2, 0.25) is 0 Å². The summed E-state index contributed by atoms with van der Waals surface area (Å²) in [5, 5.41) is 19.7. The molecule has 2 aromatic rings. The molecule has 148 valence electrons. The SMILES string of the molecule is CC(O)c1ncccc1C(=O)N1CCOC[C@H]1COc1cccc(O)c1C=O. The Kier molecular flexibility index (Phi) is 6.23. The van der Waals surface area contributed by atoms with Crippen LogP contribution >= 0.6 is 0 Å². The second kappa shape index (κ2) is 8.81. The molecule has 28 heavy (non-hydrogen) atoms. The van der Waals surface area contributed by atoms with Crippen LogP contribution in [0.3, 0.4) is 0 Å². The van der Waals surface area contributed by atoms with Crippen LogP contribution < -0.4 is 4.74 Å². The number of phenols is 1. The van der Waals surface area contributed by atoms with Crippen molar-refractivity contribution < 1.29 is 29.3 Å². The first-order valence-electron chi connectivity index (χ1n) is 8.94. The number of carbonyl (C=O) groups is 2. The van der Waals surface area contributed by atoms with E-state index >= 15 is 0 Å². The number of aldehydes is 1. The highest BCUT2D eigenvalue weighted by molar-refractivity contribution is 5.95. The summed E-state index contributed by atoms with van der Waals surface area (Å²) in [6.07, 6.45) is 1.18. The number of hydrogen-bond acceptors (Lipinski definition) is 7. The number of amides is 1. The zero-order valence-electron chi connectivity index (χ0n) is 15.4. The van der Waals surface area contributed by atoms with Crippen LogP contribution in [0.5, 0.6) is 11.5 Å². The number of aliphatic hydroxyl groups excluding tert-OH is 1. The van der Waals surface area contributed by atoms with Gasteiger partial charge in [-0.05, 0) is 31.2 Å². The minimum absolute atomic E-state index is 0.0563. The molecule has 0 aliphatic carbocycles. The van der Waals surface area contributed by atoms with Crippen molar-refractivity contribution in [3.63, 3.8) is 0 Å². The molecule has 3 rings (SSSR count). The molecule has 2 atom stereocenters. The first-order chi connectivity index (χ1) is 13.5. The lowest BCUT2D eigenvalue weighted by atomic mass is 10.1. The number of pyridine rings is 1. The van der Waals surface area contributed by atoms with Crippen LogP contribution in [0, 0.1) is 0 Å². The van der Waals surface area contributed by atoms with E-state index in [1.54, 1.807) is 36.1 Å². The maximum absolute atomic E-state index is 13.1. The lowest BCUT2D eigenvalue weighted by molar-refractivity contribution is -0.0153. The Morgan fingerprint density at radius 3 is 3.00 bits per heavy atom. The number of morpholine rings is 1. The Morgan fingerprint density at radius 1 is 1.43 bits per heavy atom. The van der Waals surface area contributed by atoms with Gasteiger partial charge in [-0.25, -0.2) is 0 Å². The van der Waals surface area contributed by atoms with Crippen molar-refractivity contribution in [3.8, 4) is 11.5 Å². The van der Waals surface area contributed by atoms with E-state index in [4.69, 9.17) is 9.47 Å². The summed E-state index contributed by atoms with van der Waals surface area (Å²) >= 11 is 0. The first kappa shape index (κ1) is 19.8. The number of carbonyl (C=O) groups excluding carboxylic acids is 2. The lowest BCUT2D eigenvalue weighted by Gasteiger charge is -2.35. The molecule has 0 saturated carbocycles. The summed E-state index contributed by atoms with van der Waals surface area (Å²) < 4.78 is 11.2.